The predicted molar refractivity (Wildman–Crippen MR) is 92.1 cm³/mol. The molecule has 3 aromatic rings. The fourth-order valence-electron chi connectivity index (χ4n) is 2.71. The zero-order valence-corrected chi connectivity index (χ0v) is 13.5. The van der Waals surface area contributed by atoms with Gasteiger partial charge in [-0.2, -0.15) is 0 Å². The van der Waals surface area contributed by atoms with Gasteiger partial charge in [0.05, 0.1) is 6.54 Å². The minimum absolute atomic E-state index is 0.928. The third kappa shape index (κ3) is 3.04. The molecule has 0 aliphatic rings. The molecule has 0 aliphatic carbocycles. The molecular weight excluding hydrogens is 276 g/mol. The Morgan fingerprint density at radius 3 is 2.62 bits per heavy atom. The van der Waals surface area contributed by atoms with Crippen LogP contribution in [0.25, 0.3) is 10.9 Å². The van der Waals surface area contributed by atoms with E-state index in [0.29, 0.717) is 0 Å². The maximum absolute atomic E-state index is 3.45. The van der Waals surface area contributed by atoms with Crippen molar-refractivity contribution in [2.75, 3.05) is 6.54 Å². The van der Waals surface area contributed by atoms with Crippen LogP contribution in [0.2, 0.25) is 0 Å². The van der Waals surface area contributed by atoms with E-state index in [-0.39, 0.29) is 0 Å². The Morgan fingerprint density at radius 1 is 1.05 bits per heavy atom. The van der Waals surface area contributed by atoms with Crippen LogP contribution in [0.15, 0.2) is 42.5 Å². The van der Waals surface area contributed by atoms with Crippen LogP contribution in [0, 0.1) is 0 Å². The number of aromatic nitrogens is 1. The van der Waals surface area contributed by atoms with Crippen LogP contribution in [0.4, 0.5) is 0 Å². The zero-order valence-electron chi connectivity index (χ0n) is 12.7. The Bertz CT molecular complexity index is 724. The standard InChI is InChI=1S/C18H22N2S/c1-3-16-9-10-17(21-16)13-20-15(12-19-4-2)11-14-7-5-6-8-18(14)20/h5-11,19H,3-4,12-13H2,1-2H3. The van der Waals surface area contributed by atoms with Crippen LogP contribution >= 0.6 is 11.3 Å². The number of rotatable bonds is 6. The molecule has 3 heteroatoms. The van der Waals surface area contributed by atoms with Crippen LogP contribution < -0.4 is 5.32 Å². The van der Waals surface area contributed by atoms with E-state index in [2.05, 4.69) is 66.2 Å². The lowest BCUT2D eigenvalue weighted by Crippen LogP contribution is -2.15. The molecule has 1 aromatic carbocycles. The Labute approximate surface area is 130 Å². The number of fused-ring (bicyclic) bond motifs is 1. The van der Waals surface area contributed by atoms with Gasteiger partial charge in [0.15, 0.2) is 0 Å². The predicted octanol–water partition coefficient (Wildman–Crippen LogP) is 4.42. The van der Waals surface area contributed by atoms with Crippen molar-refractivity contribution in [1.29, 1.82) is 0 Å². The first kappa shape index (κ1) is 14.4. The summed E-state index contributed by atoms with van der Waals surface area (Å²) in [4.78, 5) is 2.90. The van der Waals surface area contributed by atoms with Crippen LogP contribution in [0.1, 0.15) is 29.3 Å². The van der Waals surface area contributed by atoms with Crippen molar-refractivity contribution in [1.82, 2.24) is 9.88 Å². The van der Waals surface area contributed by atoms with E-state index in [1.54, 1.807) is 0 Å². The molecule has 2 aromatic heterocycles. The summed E-state index contributed by atoms with van der Waals surface area (Å²) in [5, 5.41) is 4.78. The molecule has 0 saturated heterocycles. The normalized spacial score (nSPS) is 11.3. The first-order valence-corrected chi connectivity index (χ1v) is 8.49. The van der Waals surface area contributed by atoms with E-state index in [0.717, 1.165) is 26.1 Å². The molecule has 2 nitrogen and oxygen atoms in total. The molecule has 0 radical (unpaired) electrons. The second-order valence-corrected chi connectivity index (χ2v) is 6.54. The molecule has 0 unspecified atom stereocenters. The molecule has 0 fully saturated rings. The van der Waals surface area contributed by atoms with Crippen molar-refractivity contribution in [2.24, 2.45) is 0 Å². The molecule has 0 bridgehead atoms. The largest absolute Gasteiger partial charge is 0.338 e. The van der Waals surface area contributed by atoms with Crippen molar-refractivity contribution in [3.8, 4) is 0 Å². The lowest BCUT2D eigenvalue weighted by molar-refractivity contribution is 0.669. The number of nitrogens with zero attached hydrogens (tertiary/aromatic N) is 1. The SMILES string of the molecule is CCNCc1cc2ccccc2n1Cc1ccc(CC)s1. The smallest absolute Gasteiger partial charge is 0.0572 e. The molecular formula is C18H22N2S. The molecule has 2 heterocycles. The second-order valence-electron chi connectivity index (χ2n) is 5.28. The van der Waals surface area contributed by atoms with Crippen molar-refractivity contribution in [3.63, 3.8) is 0 Å². The zero-order chi connectivity index (χ0) is 14.7. The molecule has 3 rings (SSSR count). The monoisotopic (exact) mass is 298 g/mol. The molecule has 0 aliphatic heterocycles. The maximum Gasteiger partial charge on any atom is 0.0572 e. The number of benzene rings is 1. The van der Waals surface area contributed by atoms with Crippen LogP contribution in [-0.4, -0.2) is 11.1 Å². The lowest BCUT2D eigenvalue weighted by Gasteiger charge is -2.10. The van der Waals surface area contributed by atoms with Crippen molar-refractivity contribution < 1.29 is 0 Å². The average molecular weight is 298 g/mol. The summed E-state index contributed by atoms with van der Waals surface area (Å²) in [6.45, 7) is 7.27. The van der Waals surface area contributed by atoms with Crippen molar-refractivity contribution >= 4 is 22.2 Å². The summed E-state index contributed by atoms with van der Waals surface area (Å²) < 4.78 is 2.45. The third-order valence-corrected chi connectivity index (χ3v) is 5.05. The number of thiophene rings is 1. The summed E-state index contributed by atoms with van der Waals surface area (Å²) >= 11 is 1.93. The van der Waals surface area contributed by atoms with Crippen molar-refractivity contribution in [3.05, 3.63) is 57.9 Å². The van der Waals surface area contributed by atoms with Gasteiger partial charge in [0.1, 0.15) is 0 Å². The number of para-hydroxylation sites is 1. The Morgan fingerprint density at radius 2 is 1.86 bits per heavy atom. The minimum Gasteiger partial charge on any atom is -0.338 e. The van der Waals surface area contributed by atoms with E-state index in [4.69, 9.17) is 0 Å². The second kappa shape index (κ2) is 6.46. The first-order valence-electron chi connectivity index (χ1n) is 7.67. The van der Waals surface area contributed by atoms with Gasteiger partial charge in [-0.3, -0.25) is 0 Å². The van der Waals surface area contributed by atoms with Gasteiger partial charge in [-0.25, -0.2) is 0 Å². The fraction of sp³-hybridized carbons (Fsp3) is 0.333. The highest BCUT2D eigenvalue weighted by molar-refractivity contribution is 7.11. The summed E-state index contributed by atoms with van der Waals surface area (Å²) in [5.74, 6) is 0. The third-order valence-electron chi connectivity index (χ3n) is 3.83. The van der Waals surface area contributed by atoms with Gasteiger partial charge in [0.2, 0.25) is 0 Å². The highest BCUT2D eigenvalue weighted by Gasteiger charge is 2.09. The van der Waals surface area contributed by atoms with Crippen LogP contribution in [0.3, 0.4) is 0 Å². The maximum atomic E-state index is 3.45. The minimum atomic E-state index is 0.928. The summed E-state index contributed by atoms with van der Waals surface area (Å²) in [7, 11) is 0. The summed E-state index contributed by atoms with van der Waals surface area (Å²) in [6.07, 6.45) is 1.13. The molecule has 0 spiro atoms. The highest BCUT2D eigenvalue weighted by atomic mass is 32.1. The van der Waals surface area contributed by atoms with Gasteiger partial charge in [0, 0.05) is 27.5 Å². The molecule has 0 atom stereocenters. The molecule has 1 N–H and O–H groups in total. The Balaban J connectivity index is 1.97. The molecule has 21 heavy (non-hydrogen) atoms. The van der Waals surface area contributed by atoms with Gasteiger partial charge in [0.25, 0.3) is 0 Å². The Hall–Kier alpha value is -1.58. The van der Waals surface area contributed by atoms with Crippen molar-refractivity contribution in [2.45, 2.75) is 33.4 Å². The van der Waals surface area contributed by atoms with E-state index in [1.807, 2.05) is 11.3 Å². The quantitative estimate of drug-likeness (QED) is 0.712. The number of hydrogen-bond donors (Lipinski definition) is 1. The lowest BCUT2D eigenvalue weighted by atomic mass is 10.2. The number of hydrogen-bond acceptors (Lipinski definition) is 2. The topological polar surface area (TPSA) is 17.0 Å². The van der Waals surface area contributed by atoms with Gasteiger partial charge in [-0.1, -0.05) is 32.0 Å². The number of aryl methyl sites for hydroxylation is 1. The summed E-state index contributed by atoms with van der Waals surface area (Å²) in [6, 6.07) is 15.5. The van der Waals surface area contributed by atoms with Crippen LogP contribution in [-0.2, 0) is 19.5 Å². The highest BCUT2D eigenvalue weighted by Crippen LogP contribution is 2.24. The average Bonchev–Trinajstić information content (AvgIpc) is 3.11. The molecule has 0 saturated carbocycles. The Kier molecular flexibility index (Phi) is 4.42. The van der Waals surface area contributed by atoms with Gasteiger partial charge in [-0.15, -0.1) is 11.3 Å². The fourth-order valence-corrected chi connectivity index (χ4v) is 3.65. The van der Waals surface area contributed by atoms with Gasteiger partial charge >= 0.3 is 0 Å². The van der Waals surface area contributed by atoms with E-state index >= 15 is 0 Å². The van der Waals surface area contributed by atoms with Gasteiger partial charge in [-0.05, 0) is 42.6 Å². The molecule has 0 amide bonds. The first-order chi connectivity index (χ1) is 10.3. The number of nitrogens with one attached hydrogen (secondary N) is 1. The summed E-state index contributed by atoms with van der Waals surface area (Å²) in [5.41, 5.74) is 2.70. The van der Waals surface area contributed by atoms with E-state index in [1.165, 1.54) is 26.4 Å². The van der Waals surface area contributed by atoms with E-state index in [9.17, 15) is 0 Å². The molecule has 110 valence electrons. The van der Waals surface area contributed by atoms with E-state index < -0.39 is 0 Å². The van der Waals surface area contributed by atoms with Crippen LogP contribution in [0.5, 0.6) is 0 Å². The van der Waals surface area contributed by atoms with Gasteiger partial charge < -0.3 is 9.88 Å².